The van der Waals surface area contributed by atoms with Gasteiger partial charge >= 0.3 is 0 Å². The molecular weight excluding hydrogens is 356 g/mol. The Morgan fingerprint density at radius 1 is 1.20 bits per heavy atom. The van der Waals surface area contributed by atoms with Crippen LogP contribution in [0.3, 0.4) is 0 Å². The molecule has 0 aliphatic carbocycles. The molecule has 0 saturated carbocycles. The zero-order chi connectivity index (χ0) is 18.4. The molecule has 0 unspecified atom stereocenters. The second-order valence-electron chi connectivity index (χ2n) is 6.49. The van der Waals surface area contributed by atoms with Gasteiger partial charge in [-0.2, -0.15) is 8.42 Å². The van der Waals surface area contributed by atoms with E-state index in [2.05, 4.69) is 36.2 Å². The predicted molar refractivity (Wildman–Crippen MR) is 103 cm³/mol. The summed E-state index contributed by atoms with van der Waals surface area (Å²) in [4.78, 5) is 5.48. The summed E-state index contributed by atoms with van der Waals surface area (Å²) in [6, 6.07) is 8.33. The molecule has 0 saturated heterocycles. The summed E-state index contributed by atoms with van der Waals surface area (Å²) in [5.41, 5.74) is 11.5. The average molecular weight is 383 g/mol. The Labute approximate surface area is 154 Å². The van der Waals surface area contributed by atoms with Crippen molar-refractivity contribution >= 4 is 21.5 Å². The fourth-order valence-corrected chi connectivity index (χ4v) is 3.85. The number of hydrogen-bond acceptors (Lipinski definition) is 6. The molecule has 7 heteroatoms. The Kier molecular flexibility index (Phi) is 7.13. The summed E-state index contributed by atoms with van der Waals surface area (Å²) < 4.78 is 26.7. The predicted octanol–water partition coefficient (Wildman–Crippen LogP) is 3.90. The summed E-state index contributed by atoms with van der Waals surface area (Å²) in [6.07, 6.45) is 3.58. The Balaban J connectivity index is 1.82. The summed E-state index contributed by atoms with van der Waals surface area (Å²) in [5.74, 6) is 0.368. The molecule has 2 N–H and O–H groups in total. The molecule has 138 valence electrons. The Morgan fingerprint density at radius 2 is 1.88 bits per heavy atom. The zero-order valence-corrected chi connectivity index (χ0v) is 16.6. The van der Waals surface area contributed by atoms with Crippen LogP contribution in [0, 0.1) is 12.8 Å². The quantitative estimate of drug-likeness (QED) is 0.665. The van der Waals surface area contributed by atoms with Gasteiger partial charge in [0.1, 0.15) is 0 Å². The van der Waals surface area contributed by atoms with Crippen LogP contribution >= 0.6 is 11.3 Å². The lowest BCUT2D eigenvalue weighted by Crippen LogP contribution is -2.13. The van der Waals surface area contributed by atoms with Gasteiger partial charge in [-0.25, -0.2) is 4.98 Å². The van der Waals surface area contributed by atoms with E-state index in [-0.39, 0.29) is 12.6 Å². The van der Waals surface area contributed by atoms with Crippen LogP contribution in [0.5, 0.6) is 0 Å². The number of nitrogens with two attached hydrogens (primary N) is 1. The first kappa shape index (κ1) is 20.0. The monoisotopic (exact) mass is 382 g/mol. The average Bonchev–Trinajstić information content (AvgIpc) is 2.97. The van der Waals surface area contributed by atoms with Crippen LogP contribution in [0.1, 0.15) is 43.5 Å². The highest BCUT2D eigenvalue weighted by Crippen LogP contribution is 2.29. The molecule has 0 bridgehead atoms. The number of aryl methyl sites for hydroxylation is 1. The fraction of sp³-hybridized carbons (Fsp3) is 0.500. The third-order valence-electron chi connectivity index (χ3n) is 4.23. The molecule has 1 heterocycles. The van der Waals surface area contributed by atoms with E-state index in [0.29, 0.717) is 12.3 Å². The van der Waals surface area contributed by atoms with E-state index in [1.807, 2.05) is 12.4 Å². The fourth-order valence-electron chi connectivity index (χ4n) is 2.64. The minimum Gasteiger partial charge on any atom is -0.324 e. The molecule has 0 fully saturated rings. The molecule has 0 radical (unpaired) electrons. The third-order valence-corrected chi connectivity index (χ3v) is 5.80. The van der Waals surface area contributed by atoms with Gasteiger partial charge in [0.2, 0.25) is 0 Å². The van der Waals surface area contributed by atoms with Gasteiger partial charge in [0.25, 0.3) is 10.1 Å². The van der Waals surface area contributed by atoms with Crippen molar-refractivity contribution in [3.63, 3.8) is 0 Å². The lowest BCUT2D eigenvalue weighted by molar-refractivity contribution is 0.282. The number of nitrogens with zero attached hydrogens (tertiary/aromatic N) is 1. The van der Waals surface area contributed by atoms with Crippen molar-refractivity contribution < 1.29 is 12.6 Å². The third kappa shape index (κ3) is 6.51. The van der Waals surface area contributed by atoms with E-state index in [9.17, 15) is 8.42 Å². The van der Waals surface area contributed by atoms with Gasteiger partial charge in [-0.3, -0.25) is 4.18 Å². The number of benzene rings is 1. The van der Waals surface area contributed by atoms with Crippen LogP contribution < -0.4 is 5.73 Å². The van der Waals surface area contributed by atoms with Gasteiger partial charge in [0, 0.05) is 6.04 Å². The molecule has 2 rings (SSSR count). The highest BCUT2D eigenvalue weighted by Gasteiger charge is 2.11. The maximum atomic E-state index is 11.0. The standard InChI is InChI=1S/C18H26N2O3S2/c1-13(10-11-23-25(3,21)22)4-9-17(19)15-5-7-16(8-6-15)18-14(2)20-12-24-18/h5-8,12-13,17H,4,9-11,19H2,1-3H3/t13-,17-/m0/s1. The van der Waals surface area contributed by atoms with Gasteiger partial charge in [0.05, 0.1) is 28.9 Å². The molecule has 0 aliphatic heterocycles. The highest BCUT2D eigenvalue weighted by atomic mass is 32.2. The highest BCUT2D eigenvalue weighted by molar-refractivity contribution is 7.85. The lowest BCUT2D eigenvalue weighted by atomic mass is 9.95. The van der Waals surface area contributed by atoms with E-state index in [4.69, 9.17) is 9.92 Å². The van der Waals surface area contributed by atoms with Crippen LogP contribution in [0.15, 0.2) is 29.8 Å². The summed E-state index contributed by atoms with van der Waals surface area (Å²) in [7, 11) is -3.35. The second-order valence-corrected chi connectivity index (χ2v) is 8.99. The summed E-state index contributed by atoms with van der Waals surface area (Å²) in [6.45, 7) is 4.34. The topological polar surface area (TPSA) is 82.3 Å². The van der Waals surface area contributed by atoms with Crippen molar-refractivity contribution in [1.29, 1.82) is 0 Å². The maximum Gasteiger partial charge on any atom is 0.264 e. The van der Waals surface area contributed by atoms with Crippen molar-refractivity contribution in [2.45, 2.75) is 39.2 Å². The molecule has 2 aromatic rings. The maximum absolute atomic E-state index is 11.0. The van der Waals surface area contributed by atoms with E-state index < -0.39 is 10.1 Å². The van der Waals surface area contributed by atoms with Crippen LogP contribution in [-0.2, 0) is 14.3 Å². The van der Waals surface area contributed by atoms with E-state index in [1.165, 1.54) is 10.4 Å². The molecule has 0 amide bonds. The molecule has 0 aliphatic rings. The number of aromatic nitrogens is 1. The molecule has 5 nitrogen and oxygen atoms in total. The molecule has 2 atom stereocenters. The molecule has 25 heavy (non-hydrogen) atoms. The van der Waals surface area contributed by atoms with Crippen LogP contribution in [0.2, 0.25) is 0 Å². The Bertz CT molecular complexity index is 770. The van der Waals surface area contributed by atoms with Crippen molar-refractivity contribution in [3.05, 3.63) is 41.0 Å². The van der Waals surface area contributed by atoms with Gasteiger partial charge in [-0.1, -0.05) is 31.2 Å². The van der Waals surface area contributed by atoms with Crippen molar-refractivity contribution in [2.24, 2.45) is 11.7 Å². The minimum atomic E-state index is -3.35. The van der Waals surface area contributed by atoms with Gasteiger partial charge in [-0.15, -0.1) is 11.3 Å². The van der Waals surface area contributed by atoms with Crippen molar-refractivity contribution in [3.8, 4) is 10.4 Å². The molecule has 1 aromatic heterocycles. The minimum absolute atomic E-state index is 0.0186. The largest absolute Gasteiger partial charge is 0.324 e. The number of hydrogen-bond donors (Lipinski definition) is 1. The Hall–Kier alpha value is -1.28. The molecule has 0 spiro atoms. The summed E-state index contributed by atoms with van der Waals surface area (Å²) in [5, 5.41) is 0. The van der Waals surface area contributed by atoms with E-state index >= 15 is 0 Å². The SMILES string of the molecule is Cc1ncsc1-c1ccc([C@@H](N)CC[C@H](C)CCOS(C)(=O)=O)cc1. The van der Waals surface area contributed by atoms with Gasteiger partial charge < -0.3 is 5.73 Å². The van der Waals surface area contributed by atoms with Crippen LogP contribution in [0.4, 0.5) is 0 Å². The first-order valence-corrected chi connectivity index (χ1v) is 11.1. The van der Waals surface area contributed by atoms with Gasteiger partial charge in [0.15, 0.2) is 0 Å². The van der Waals surface area contributed by atoms with Crippen molar-refractivity contribution in [1.82, 2.24) is 4.98 Å². The normalized spacial score (nSPS) is 14.4. The van der Waals surface area contributed by atoms with Crippen LogP contribution in [0.25, 0.3) is 10.4 Å². The number of thiazole rings is 1. The Morgan fingerprint density at radius 3 is 2.44 bits per heavy atom. The smallest absolute Gasteiger partial charge is 0.264 e. The lowest BCUT2D eigenvalue weighted by Gasteiger charge is -2.16. The van der Waals surface area contributed by atoms with Gasteiger partial charge in [-0.05, 0) is 43.2 Å². The second kappa shape index (κ2) is 8.89. The zero-order valence-electron chi connectivity index (χ0n) is 14.9. The molecule has 1 aromatic carbocycles. The van der Waals surface area contributed by atoms with E-state index in [1.54, 1.807) is 11.3 Å². The first-order chi connectivity index (χ1) is 11.8. The number of rotatable bonds is 9. The van der Waals surface area contributed by atoms with Crippen LogP contribution in [-0.4, -0.2) is 26.3 Å². The molecular formula is C18H26N2O3S2. The van der Waals surface area contributed by atoms with Crippen molar-refractivity contribution in [2.75, 3.05) is 12.9 Å². The summed E-state index contributed by atoms with van der Waals surface area (Å²) >= 11 is 1.64. The first-order valence-electron chi connectivity index (χ1n) is 8.36. The van der Waals surface area contributed by atoms with E-state index in [0.717, 1.165) is 30.4 Å².